The maximum absolute atomic E-state index is 11.2. The van der Waals surface area contributed by atoms with Crippen LogP contribution >= 0.6 is 0 Å². The summed E-state index contributed by atoms with van der Waals surface area (Å²) in [4.78, 5) is 22.0. The van der Waals surface area contributed by atoms with Crippen molar-refractivity contribution in [3.05, 3.63) is 23.8 Å². The molecule has 0 aromatic heterocycles. The number of ether oxygens (including phenoxy) is 1. The molecule has 102 valence electrons. The number of aliphatic carboxylic acids is 1. The Bertz CT molecular complexity index is 449. The zero-order chi connectivity index (χ0) is 14.1. The zero-order valence-corrected chi connectivity index (χ0v) is 11.0. The molecule has 4 heteroatoms. The highest BCUT2D eigenvalue weighted by molar-refractivity contribution is 5.94. The van der Waals surface area contributed by atoms with Gasteiger partial charge in [0, 0.05) is 0 Å². The quantitative estimate of drug-likeness (QED) is 0.480. The fraction of sp³-hybridized carbons (Fsp3) is 0.467. The molecule has 1 unspecified atom stereocenters. The highest BCUT2D eigenvalue weighted by atomic mass is 16.5. The molecular formula is C15H18O4. The van der Waals surface area contributed by atoms with Crippen LogP contribution in [-0.2, 0) is 14.3 Å². The van der Waals surface area contributed by atoms with Crippen molar-refractivity contribution in [3.8, 4) is 11.8 Å². The average Bonchev–Trinajstić information content (AvgIpc) is 2.42. The average molecular weight is 262 g/mol. The van der Waals surface area contributed by atoms with Crippen molar-refractivity contribution in [2.24, 2.45) is 5.92 Å². The van der Waals surface area contributed by atoms with Gasteiger partial charge in [-0.05, 0) is 43.8 Å². The van der Waals surface area contributed by atoms with E-state index in [1.807, 2.05) is 0 Å². The van der Waals surface area contributed by atoms with Gasteiger partial charge in [-0.2, -0.15) is 0 Å². The molecule has 1 N–H and O–H groups in total. The number of allylic oxidation sites excluding steroid dienone is 4. The molecule has 0 amide bonds. The van der Waals surface area contributed by atoms with E-state index < -0.39 is 17.9 Å². The molecule has 0 radical (unpaired) electrons. The van der Waals surface area contributed by atoms with Gasteiger partial charge in [0.1, 0.15) is 0 Å². The number of rotatable bonds is 4. The van der Waals surface area contributed by atoms with E-state index in [1.54, 1.807) is 12.2 Å². The Hall–Kier alpha value is -2.02. The fourth-order valence-corrected chi connectivity index (χ4v) is 1.79. The summed E-state index contributed by atoms with van der Waals surface area (Å²) in [6, 6.07) is 0. The maximum Gasteiger partial charge on any atom is 0.320 e. The van der Waals surface area contributed by atoms with Crippen molar-refractivity contribution in [2.75, 3.05) is 7.11 Å². The standard InChI is InChI=1S/C15H18O4/c1-19-15(18)13(14(16)17)11-7-3-6-10-12-8-4-2-5-9-12/h3,7-8,13H,2,4-5,9,11H2,1H3,(H,16,17)/b7-3+. The molecule has 1 aliphatic carbocycles. The van der Waals surface area contributed by atoms with Crippen molar-refractivity contribution < 1.29 is 19.4 Å². The van der Waals surface area contributed by atoms with Gasteiger partial charge in [0.25, 0.3) is 0 Å². The summed E-state index contributed by atoms with van der Waals surface area (Å²) in [5.41, 5.74) is 1.14. The van der Waals surface area contributed by atoms with E-state index in [2.05, 4.69) is 22.7 Å². The number of carbonyl (C=O) groups is 2. The molecule has 4 nitrogen and oxygen atoms in total. The van der Waals surface area contributed by atoms with Crippen LogP contribution < -0.4 is 0 Å². The Morgan fingerprint density at radius 1 is 1.53 bits per heavy atom. The fourth-order valence-electron chi connectivity index (χ4n) is 1.79. The summed E-state index contributed by atoms with van der Waals surface area (Å²) < 4.78 is 4.43. The molecule has 0 heterocycles. The molecule has 0 aromatic rings. The lowest BCUT2D eigenvalue weighted by Crippen LogP contribution is -2.24. The number of carboxylic acids is 1. The highest BCUT2D eigenvalue weighted by Gasteiger charge is 2.25. The zero-order valence-electron chi connectivity index (χ0n) is 11.0. The van der Waals surface area contributed by atoms with Gasteiger partial charge in [0.2, 0.25) is 0 Å². The molecule has 0 aliphatic heterocycles. The molecule has 0 saturated heterocycles. The molecule has 1 atom stereocenters. The first kappa shape index (κ1) is 15.0. The lowest BCUT2D eigenvalue weighted by Gasteiger charge is -2.06. The molecule has 1 aliphatic rings. The van der Waals surface area contributed by atoms with Gasteiger partial charge in [-0.3, -0.25) is 9.59 Å². The number of carbonyl (C=O) groups excluding carboxylic acids is 1. The Morgan fingerprint density at radius 2 is 2.32 bits per heavy atom. The second-order valence-electron chi connectivity index (χ2n) is 4.30. The Kier molecular flexibility index (Phi) is 6.45. The molecule has 0 aromatic carbocycles. The third kappa shape index (κ3) is 5.43. The second kappa shape index (κ2) is 8.15. The monoisotopic (exact) mass is 262 g/mol. The van der Waals surface area contributed by atoms with Crippen molar-refractivity contribution in [3.63, 3.8) is 0 Å². The lowest BCUT2D eigenvalue weighted by molar-refractivity contribution is -0.156. The summed E-state index contributed by atoms with van der Waals surface area (Å²) in [5.74, 6) is 2.82. The van der Waals surface area contributed by atoms with E-state index in [9.17, 15) is 9.59 Å². The predicted octanol–water partition coefficient (Wildman–Crippen LogP) is 2.31. The van der Waals surface area contributed by atoms with Gasteiger partial charge >= 0.3 is 11.9 Å². The van der Waals surface area contributed by atoms with E-state index in [0.29, 0.717) is 0 Å². The minimum absolute atomic E-state index is 0.0930. The van der Waals surface area contributed by atoms with Crippen LogP contribution in [0.3, 0.4) is 0 Å². The van der Waals surface area contributed by atoms with E-state index >= 15 is 0 Å². The molecule has 0 spiro atoms. The van der Waals surface area contributed by atoms with E-state index in [0.717, 1.165) is 18.4 Å². The smallest absolute Gasteiger partial charge is 0.320 e. The Balaban J connectivity index is 2.48. The van der Waals surface area contributed by atoms with Crippen molar-refractivity contribution >= 4 is 11.9 Å². The third-order valence-electron chi connectivity index (χ3n) is 2.88. The maximum atomic E-state index is 11.2. The summed E-state index contributed by atoms with van der Waals surface area (Å²) >= 11 is 0. The number of hydrogen-bond donors (Lipinski definition) is 1. The highest BCUT2D eigenvalue weighted by Crippen LogP contribution is 2.16. The summed E-state index contributed by atoms with van der Waals surface area (Å²) in [6.45, 7) is 0. The SMILES string of the molecule is COC(=O)C(C/C=C/C#CC1=CCCCC1)C(=O)O. The summed E-state index contributed by atoms with van der Waals surface area (Å²) in [6.07, 6.45) is 9.90. The summed E-state index contributed by atoms with van der Waals surface area (Å²) in [7, 11) is 1.18. The molecule has 0 bridgehead atoms. The third-order valence-corrected chi connectivity index (χ3v) is 2.88. The van der Waals surface area contributed by atoms with Gasteiger partial charge in [-0.25, -0.2) is 0 Å². The van der Waals surface area contributed by atoms with Crippen LogP contribution in [0.5, 0.6) is 0 Å². The minimum atomic E-state index is -1.18. The van der Waals surface area contributed by atoms with Gasteiger partial charge in [-0.1, -0.05) is 24.0 Å². The van der Waals surface area contributed by atoms with E-state index in [-0.39, 0.29) is 6.42 Å². The van der Waals surface area contributed by atoms with Crippen LogP contribution in [0, 0.1) is 17.8 Å². The first-order chi connectivity index (χ1) is 9.15. The predicted molar refractivity (Wildman–Crippen MR) is 71.2 cm³/mol. The van der Waals surface area contributed by atoms with Crippen LogP contribution in [0.4, 0.5) is 0 Å². The number of methoxy groups -OCH3 is 1. The van der Waals surface area contributed by atoms with Gasteiger partial charge in [0.05, 0.1) is 7.11 Å². The lowest BCUT2D eigenvalue weighted by atomic mass is 10.0. The molecular weight excluding hydrogens is 244 g/mol. The van der Waals surface area contributed by atoms with Gasteiger partial charge in [-0.15, -0.1) is 0 Å². The van der Waals surface area contributed by atoms with Crippen LogP contribution in [0.15, 0.2) is 23.8 Å². The van der Waals surface area contributed by atoms with Crippen LogP contribution in [0.25, 0.3) is 0 Å². The van der Waals surface area contributed by atoms with Gasteiger partial charge < -0.3 is 9.84 Å². The largest absolute Gasteiger partial charge is 0.481 e. The Labute approximate surface area is 113 Å². The van der Waals surface area contributed by atoms with Crippen molar-refractivity contribution in [1.82, 2.24) is 0 Å². The molecule has 19 heavy (non-hydrogen) atoms. The summed E-state index contributed by atoms with van der Waals surface area (Å²) in [5, 5.41) is 8.86. The van der Waals surface area contributed by atoms with Gasteiger partial charge in [0.15, 0.2) is 5.92 Å². The van der Waals surface area contributed by atoms with Crippen LogP contribution in [-0.4, -0.2) is 24.2 Å². The minimum Gasteiger partial charge on any atom is -0.481 e. The van der Waals surface area contributed by atoms with Crippen LogP contribution in [0.1, 0.15) is 32.1 Å². The Morgan fingerprint density at radius 3 is 2.89 bits per heavy atom. The number of carboxylic acid groups (broad SMARTS) is 1. The van der Waals surface area contributed by atoms with Crippen LogP contribution in [0.2, 0.25) is 0 Å². The molecule has 1 rings (SSSR count). The number of esters is 1. The first-order valence-electron chi connectivity index (χ1n) is 6.31. The molecule has 0 saturated carbocycles. The molecule has 0 fully saturated rings. The normalized spacial score (nSPS) is 16.2. The second-order valence-corrected chi connectivity index (χ2v) is 4.30. The first-order valence-corrected chi connectivity index (χ1v) is 6.31. The van der Waals surface area contributed by atoms with E-state index in [1.165, 1.54) is 20.0 Å². The van der Waals surface area contributed by atoms with E-state index in [4.69, 9.17) is 5.11 Å². The van der Waals surface area contributed by atoms with Crippen molar-refractivity contribution in [2.45, 2.75) is 32.1 Å². The van der Waals surface area contributed by atoms with Crippen molar-refractivity contribution in [1.29, 1.82) is 0 Å². The number of hydrogen-bond acceptors (Lipinski definition) is 3. The topological polar surface area (TPSA) is 63.6 Å².